The lowest BCUT2D eigenvalue weighted by atomic mass is 10.1. The normalized spacial score (nSPS) is 13.4. The summed E-state index contributed by atoms with van der Waals surface area (Å²) in [6, 6.07) is 2.81. The van der Waals surface area contributed by atoms with Crippen molar-refractivity contribution in [1.82, 2.24) is 15.2 Å². The van der Waals surface area contributed by atoms with Crippen LogP contribution in [-0.4, -0.2) is 33.9 Å². The standard InChI is InChI=1S/C15H22ClN3O2/c1-5-10(3)19(11(4)6-2)15(21)18-14(20)12-7-8-13(16)17-9-12/h7-11H,5-6H2,1-4H3,(H,18,20,21). The average Bonchev–Trinajstić information content (AvgIpc) is 2.47. The van der Waals surface area contributed by atoms with Crippen LogP contribution in [0.2, 0.25) is 5.15 Å². The number of halogens is 1. The molecule has 21 heavy (non-hydrogen) atoms. The molecule has 116 valence electrons. The van der Waals surface area contributed by atoms with Gasteiger partial charge in [-0.25, -0.2) is 9.78 Å². The molecule has 2 unspecified atom stereocenters. The molecule has 1 N–H and O–H groups in total. The topological polar surface area (TPSA) is 62.3 Å². The fraction of sp³-hybridized carbons (Fsp3) is 0.533. The minimum absolute atomic E-state index is 0.0658. The Morgan fingerprint density at radius 2 is 1.81 bits per heavy atom. The molecule has 0 aliphatic carbocycles. The minimum Gasteiger partial charge on any atom is -0.319 e. The Hall–Kier alpha value is -1.62. The summed E-state index contributed by atoms with van der Waals surface area (Å²) in [5, 5.41) is 2.72. The maximum Gasteiger partial charge on any atom is 0.324 e. The lowest BCUT2D eigenvalue weighted by Gasteiger charge is -2.33. The van der Waals surface area contributed by atoms with Gasteiger partial charge in [-0.3, -0.25) is 10.1 Å². The number of nitrogens with one attached hydrogen (secondary N) is 1. The van der Waals surface area contributed by atoms with Crippen molar-refractivity contribution >= 4 is 23.5 Å². The van der Waals surface area contributed by atoms with E-state index in [1.807, 2.05) is 27.7 Å². The molecule has 2 atom stereocenters. The molecule has 1 aromatic heterocycles. The summed E-state index contributed by atoms with van der Waals surface area (Å²) < 4.78 is 0. The van der Waals surface area contributed by atoms with E-state index in [4.69, 9.17) is 11.6 Å². The highest BCUT2D eigenvalue weighted by Crippen LogP contribution is 2.12. The molecule has 3 amide bonds. The average molecular weight is 312 g/mol. The van der Waals surface area contributed by atoms with Gasteiger partial charge in [0.05, 0.1) is 5.56 Å². The predicted molar refractivity (Wildman–Crippen MR) is 83.5 cm³/mol. The number of imide groups is 1. The zero-order chi connectivity index (χ0) is 16.0. The second-order valence-electron chi connectivity index (χ2n) is 5.05. The van der Waals surface area contributed by atoms with E-state index in [9.17, 15) is 9.59 Å². The third-order valence-corrected chi connectivity index (χ3v) is 3.80. The first kappa shape index (κ1) is 17.4. The van der Waals surface area contributed by atoms with Crippen LogP contribution in [0.4, 0.5) is 4.79 Å². The monoisotopic (exact) mass is 311 g/mol. The maximum absolute atomic E-state index is 12.3. The van der Waals surface area contributed by atoms with E-state index in [0.29, 0.717) is 10.7 Å². The highest BCUT2D eigenvalue weighted by molar-refractivity contribution is 6.29. The molecule has 0 radical (unpaired) electrons. The van der Waals surface area contributed by atoms with Gasteiger partial charge in [-0.1, -0.05) is 25.4 Å². The Labute approximate surface area is 130 Å². The van der Waals surface area contributed by atoms with Crippen LogP contribution in [0, 0.1) is 0 Å². The van der Waals surface area contributed by atoms with Gasteiger partial charge in [0.2, 0.25) is 0 Å². The van der Waals surface area contributed by atoms with Crippen molar-refractivity contribution in [2.75, 3.05) is 0 Å². The summed E-state index contributed by atoms with van der Waals surface area (Å²) in [6.45, 7) is 7.97. The van der Waals surface area contributed by atoms with E-state index in [1.54, 1.807) is 4.90 Å². The van der Waals surface area contributed by atoms with E-state index in [0.717, 1.165) is 12.8 Å². The number of pyridine rings is 1. The predicted octanol–water partition coefficient (Wildman–Crippen LogP) is 3.48. The van der Waals surface area contributed by atoms with Crippen molar-refractivity contribution in [2.24, 2.45) is 0 Å². The molecule has 0 bridgehead atoms. The van der Waals surface area contributed by atoms with Gasteiger partial charge >= 0.3 is 6.03 Å². The van der Waals surface area contributed by atoms with Gasteiger partial charge in [-0.15, -0.1) is 0 Å². The van der Waals surface area contributed by atoms with E-state index >= 15 is 0 Å². The molecule has 0 aromatic carbocycles. The molecule has 1 rings (SSSR count). The summed E-state index contributed by atoms with van der Waals surface area (Å²) in [7, 11) is 0. The van der Waals surface area contributed by atoms with E-state index in [-0.39, 0.29) is 18.1 Å². The third-order valence-electron chi connectivity index (χ3n) is 3.58. The fourth-order valence-corrected chi connectivity index (χ4v) is 2.08. The lowest BCUT2D eigenvalue weighted by molar-refractivity contribution is 0.0932. The largest absolute Gasteiger partial charge is 0.324 e. The van der Waals surface area contributed by atoms with Crippen LogP contribution in [0.5, 0.6) is 0 Å². The first-order valence-electron chi connectivity index (χ1n) is 7.15. The first-order valence-corrected chi connectivity index (χ1v) is 7.53. The first-order chi connectivity index (χ1) is 9.90. The number of carbonyl (C=O) groups excluding carboxylic acids is 2. The Morgan fingerprint density at radius 3 is 2.24 bits per heavy atom. The second kappa shape index (κ2) is 7.98. The lowest BCUT2D eigenvalue weighted by Crippen LogP contribution is -2.50. The van der Waals surface area contributed by atoms with Crippen LogP contribution >= 0.6 is 11.6 Å². The SMILES string of the molecule is CCC(C)N(C(=O)NC(=O)c1ccc(Cl)nc1)C(C)CC. The highest BCUT2D eigenvalue weighted by atomic mass is 35.5. The van der Waals surface area contributed by atoms with E-state index < -0.39 is 5.91 Å². The smallest absolute Gasteiger partial charge is 0.319 e. The van der Waals surface area contributed by atoms with Gasteiger partial charge in [0, 0.05) is 18.3 Å². The molecule has 6 heteroatoms. The van der Waals surface area contributed by atoms with Crippen molar-refractivity contribution in [3.63, 3.8) is 0 Å². The van der Waals surface area contributed by atoms with Crippen molar-refractivity contribution < 1.29 is 9.59 Å². The highest BCUT2D eigenvalue weighted by Gasteiger charge is 2.25. The zero-order valence-corrected chi connectivity index (χ0v) is 13.6. The summed E-state index contributed by atoms with van der Waals surface area (Å²) in [4.78, 5) is 29.9. The molecule has 5 nitrogen and oxygen atoms in total. The van der Waals surface area contributed by atoms with Crippen molar-refractivity contribution in [3.05, 3.63) is 29.0 Å². The number of hydrogen-bond donors (Lipinski definition) is 1. The molecule has 1 heterocycles. The summed E-state index contributed by atoms with van der Waals surface area (Å²) in [5.41, 5.74) is 0.306. The van der Waals surface area contributed by atoms with E-state index in [2.05, 4.69) is 10.3 Å². The van der Waals surface area contributed by atoms with Gasteiger partial charge in [0.15, 0.2) is 0 Å². The number of carbonyl (C=O) groups is 2. The Bertz CT molecular complexity index is 480. The second-order valence-corrected chi connectivity index (χ2v) is 5.44. The van der Waals surface area contributed by atoms with Gasteiger partial charge in [-0.05, 0) is 38.8 Å². The van der Waals surface area contributed by atoms with Crippen LogP contribution in [0.3, 0.4) is 0 Å². The van der Waals surface area contributed by atoms with Gasteiger partial charge < -0.3 is 4.90 Å². The van der Waals surface area contributed by atoms with Crippen LogP contribution in [0.1, 0.15) is 50.9 Å². The van der Waals surface area contributed by atoms with Crippen LogP contribution < -0.4 is 5.32 Å². The van der Waals surface area contributed by atoms with E-state index in [1.165, 1.54) is 18.3 Å². The molecule has 0 aliphatic rings. The van der Waals surface area contributed by atoms with Gasteiger partial charge in [-0.2, -0.15) is 0 Å². The van der Waals surface area contributed by atoms with Crippen LogP contribution in [0.15, 0.2) is 18.3 Å². The minimum atomic E-state index is -0.472. The van der Waals surface area contributed by atoms with Crippen molar-refractivity contribution in [2.45, 2.75) is 52.6 Å². The Morgan fingerprint density at radius 1 is 1.24 bits per heavy atom. The number of amides is 3. The number of hydrogen-bond acceptors (Lipinski definition) is 3. The third kappa shape index (κ3) is 4.70. The molecule has 0 spiro atoms. The van der Waals surface area contributed by atoms with Crippen LogP contribution in [0.25, 0.3) is 0 Å². The molecule has 0 saturated carbocycles. The quantitative estimate of drug-likeness (QED) is 0.847. The van der Waals surface area contributed by atoms with Crippen molar-refractivity contribution in [3.8, 4) is 0 Å². The molecular weight excluding hydrogens is 290 g/mol. The Balaban J connectivity index is 2.81. The summed E-state index contributed by atoms with van der Waals surface area (Å²) >= 11 is 5.68. The number of rotatable bonds is 5. The zero-order valence-electron chi connectivity index (χ0n) is 12.9. The molecule has 1 aromatic rings. The number of urea groups is 1. The van der Waals surface area contributed by atoms with Crippen LogP contribution in [-0.2, 0) is 0 Å². The number of nitrogens with zero attached hydrogens (tertiary/aromatic N) is 2. The summed E-state index contributed by atoms with van der Waals surface area (Å²) in [5.74, 6) is -0.472. The maximum atomic E-state index is 12.3. The summed E-state index contributed by atoms with van der Waals surface area (Å²) in [6.07, 6.45) is 3.00. The number of aromatic nitrogens is 1. The molecule has 0 fully saturated rings. The molecule has 0 aliphatic heterocycles. The van der Waals surface area contributed by atoms with Crippen molar-refractivity contribution in [1.29, 1.82) is 0 Å². The Kier molecular flexibility index (Phi) is 6.62. The molecule has 0 saturated heterocycles. The van der Waals surface area contributed by atoms with Gasteiger partial charge in [0.1, 0.15) is 5.15 Å². The molecular formula is C15H22ClN3O2. The fourth-order valence-electron chi connectivity index (χ4n) is 1.97. The van der Waals surface area contributed by atoms with Gasteiger partial charge in [0.25, 0.3) is 5.91 Å².